The molecule has 0 saturated carbocycles. The third kappa shape index (κ3) is 4.82. The molecule has 0 bridgehead atoms. The minimum atomic E-state index is -0.281. The van der Waals surface area contributed by atoms with E-state index < -0.39 is 0 Å². The monoisotopic (exact) mass is 412 g/mol. The van der Waals surface area contributed by atoms with E-state index >= 15 is 0 Å². The minimum Gasteiger partial charge on any atom is -0.379 e. The van der Waals surface area contributed by atoms with E-state index in [2.05, 4.69) is 20.4 Å². The third-order valence-corrected chi connectivity index (χ3v) is 5.14. The van der Waals surface area contributed by atoms with Gasteiger partial charge in [-0.1, -0.05) is 22.8 Å². The van der Waals surface area contributed by atoms with Crippen LogP contribution in [0.4, 0.5) is 0 Å². The Morgan fingerprint density at radius 2 is 2.00 bits per heavy atom. The van der Waals surface area contributed by atoms with Gasteiger partial charge in [0, 0.05) is 48.7 Å². The lowest BCUT2D eigenvalue weighted by atomic mass is 10.1. The molecule has 1 atom stereocenters. The normalized spacial score (nSPS) is 15.8. The van der Waals surface area contributed by atoms with Crippen LogP contribution in [-0.4, -0.2) is 53.8 Å². The molecule has 8 heteroatoms. The second-order valence-electron chi connectivity index (χ2n) is 6.74. The second kappa shape index (κ2) is 9.17. The summed E-state index contributed by atoms with van der Waals surface area (Å²) in [5, 5.41) is 7.52. The summed E-state index contributed by atoms with van der Waals surface area (Å²) in [5.74, 6) is 0.236. The number of pyridine rings is 1. The Hall–Kier alpha value is -2.74. The van der Waals surface area contributed by atoms with Crippen LogP contribution in [0.25, 0.3) is 11.3 Å². The predicted octanol–water partition coefficient (Wildman–Crippen LogP) is 3.19. The Morgan fingerprint density at radius 1 is 1.21 bits per heavy atom. The molecule has 29 heavy (non-hydrogen) atoms. The van der Waals surface area contributed by atoms with Gasteiger partial charge >= 0.3 is 0 Å². The predicted molar refractivity (Wildman–Crippen MR) is 109 cm³/mol. The standard InChI is InChI=1S/C21H21ClN4O3/c22-17-5-3-15(4-6-17)20-12-18(25-29-20)21(27)24-14-19(16-2-1-7-23-13-16)26-8-10-28-11-9-26/h1-7,12-13,19H,8-11,14H2,(H,24,27)/t19-/m1/s1. The average molecular weight is 413 g/mol. The summed E-state index contributed by atoms with van der Waals surface area (Å²) in [6.07, 6.45) is 3.58. The highest BCUT2D eigenvalue weighted by Gasteiger charge is 2.24. The number of carbonyl (C=O) groups excluding carboxylic acids is 1. The van der Waals surface area contributed by atoms with Gasteiger partial charge in [0.05, 0.1) is 19.3 Å². The van der Waals surface area contributed by atoms with E-state index in [1.165, 1.54) is 0 Å². The molecule has 7 nitrogen and oxygen atoms in total. The van der Waals surface area contributed by atoms with E-state index in [1.807, 2.05) is 30.5 Å². The summed E-state index contributed by atoms with van der Waals surface area (Å²) < 4.78 is 10.8. The van der Waals surface area contributed by atoms with Crippen LogP contribution in [0.2, 0.25) is 5.02 Å². The molecule has 2 aromatic heterocycles. The van der Waals surface area contributed by atoms with Crippen LogP contribution < -0.4 is 5.32 Å². The summed E-state index contributed by atoms with van der Waals surface area (Å²) in [4.78, 5) is 19.2. The smallest absolute Gasteiger partial charge is 0.273 e. The van der Waals surface area contributed by atoms with Crippen molar-refractivity contribution in [1.29, 1.82) is 0 Å². The van der Waals surface area contributed by atoms with Gasteiger partial charge in [0.15, 0.2) is 11.5 Å². The molecule has 0 radical (unpaired) electrons. The van der Waals surface area contributed by atoms with Gasteiger partial charge in [-0.2, -0.15) is 0 Å². The number of morpholine rings is 1. The Morgan fingerprint density at radius 3 is 2.72 bits per heavy atom. The summed E-state index contributed by atoms with van der Waals surface area (Å²) in [7, 11) is 0. The minimum absolute atomic E-state index is 0.0131. The Labute approximate surface area is 173 Å². The zero-order valence-electron chi connectivity index (χ0n) is 15.8. The van der Waals surface area contributed by atoms with Crippen molar-refractivity contribution in [1.82, 2.24) is 20.4 Å². The topological polar surface area (TPSA) is 80.5 Å². The van der Waals surface area contributed by atoms with Crippen LogP contribution in [0.1, 0.15) is 22.1 Å². The number of aromatic nitrogens is 2. The maximum absolute atomic E-state index is 12.6. The number of amides is 1. The van der Waals surface area contributed by atoms with Crippen LogP contribution >= 0.6 is 11.6 Å². The largest absolute Gasteiger partial charge is 0.379 e. The van der Waals surface area contributed by atoms with Crippen molar-refractivity contribution in [3.8, 4) is 11.3 Å². The van der Waals surface area contributed by atoms with Crippen LogP contribution in [-0.2, 0) is 4.74 Å². The van der Waals surface area contributed by atoms with E-state index in [0.29, 0.717) is 30.5 Å². The Bertz CT molecular complexity index is 940. The van der Waals surface area contributed by atoms with Crippen LogP contribution in [0.5, 0.6) is 0 Å². The SMILES string of the molecule is O=C(NC[C@H](c1cccnc1)N1CCOCC1)c1cc(-c2ccc(Cl)cc2)on1. The van der Waals surface area contributed by atoms with Crippen LogP contribution in [0, 0.1) is 0 Å². The number of rotatable bonds is 6. The van der Waals surface area contributed by atoms with Gasteiger partial charge in [-0.05, 0) is 35.9 Å². The van der Waals surface area contributed by atoms with E-state index in [0.717, 1.165) is 24.2 Å². The number of halogens is 1. The van der Waals surface area contributed by atoms with E-state index in [1.54, 1.807) is 24.4 Å². The third-order valence-electron chi connectivity index (χ3n) is 4.88. The Kier molecular flexibility index (Phi) is 6.19. The highest BCUT2D eigenvalue weighted by Crippen LogP contribution is 2.23. The van der Waals surface area contributed by atoms with Gasteiger partial charge in [0.2, 0.25) is 0 Å². The second-order valence-corrected chi connectivity index (χ2v) is 7.18. The molecule has 1 aromatic carbocycles. The highest BCUT2D eigenvalue weighted by molar-refractivity contribution is 6.30. The average Bonchev–Trinajstić information content (AvgIpc) is 3.26. The van der Waals surface area contributed by atoms with Gasteiger partial charge in [-0.25, -0.2) is 0 Å². The summed E-state index contributed by atoms with van der Waals surface area (Å²) in [6.45, 7) is 3.41. The van der Waals surface area contributed by atoms with Gasteiger partial charge in [-0.15, -0.1) is 0 Å². The molecule has 3 heterocycles. The van der Waals surface area contributed by atoms with Crippen molar-refractivity contribution < 1.29 is 14.1 Å². The van der Waals surface area contributed by atoms with Crippen molar-refractivity contribution in [2.75, 3.05) is 32.8 Å². The molecule has 1 amide bonds. The molecule has 0 aliphatic carbocycles. The zero-order chi connectivity index (χ0) is 20.1. The van der Waals surface area contributed by atoms with Crippen molar-refractivity contribution in [2.24, 2.45) is 0 Å². The lowest BCUT2D eigenvalue weighted by molar-refractivity contribution is 0.0161. The fourth-order valence-corrected chi connectivity index (χ4v) is 3.46. The van der Waals surface area contributed by atoms with Gasteiger partial charge in [-0.3, -0.25) is 14.7 Å². The van der Waals surface area contributed by atoms with Gasteiger partial charge < -0.3 is 14.6 Å². The molecule has 150 valence electrons. The molecule has 1 saturated heterocycles. The molecule has 4 rings (SSSR count). The molecule has 1 aliphatic heterocycles. The molecular weight excluding hydrogens is 392 g/mol. The number of nitrogens with zero attached hydrogens (tertiary/aromatic N) is 3. The molecular formula is C21H21ClN4O3. The lowest BCUT2D eigenvalue weighted by Gasteiger charge is -2.34. The van der Waals surface area contributed by atoms with Crippen molar-refractivity contribution >= 4 is 17.5 Å². The van der Waals surface area contributed by atoms with Crippen LogP contribution in [0.3, 0.4) is 0 Å². The summed E-state index contributed by atoms with van der Waals surface area (Å²) >= 11 is 5.91. The first-order valence-corrected chi connectivity index (χ1v) is 9.81. The molecule has 0 spiro atoms. The number of ether oxygens (including phenoxy) is 1. The first-order chi connectivity index (χ1) is 14.2. The molecule has 1 fully saturated rings. The summed E-state index contributed by atoms with van der Waals surface area (Å²) in [6, 6.07) is 12.7. The first kappa shape index (κ1) is 19.6. The van der Waals surface area contributed by atoms with Crippen molar-refractivity contribution in [2.45, 2.75) is 6.04 Å². The van der Waals surface area contributed by atoms with Gasteiger partial charge in [0.1, 0.15) is 0 Å². The number of nitrogens with one attached hydrogen (secondary N) is 1. The van der Waals surface area contributed by atoms with Crippen molar-refractivity contribution in [3.63, 3.8) is 0 Å². The molecule has 0 unspecified atom stereocenters. The maximum Gasteiger partial charge on any atom is 0.273 e. The number of benzene rings is 1. The number of hydrogen-bond donors (Lipinski definition) is 1. The van der Waals surface area contributed by atoms with Crippen LogP contribution in [0.15, 0.2) is 59.4 Å². The fraction of sp³-hybridized carbons (Fsp3) is 0.286. The zero-order valence-corrected chi connectivity index (χ0v) is 16.5. The van der Waals surface area contributed by atoms with Gasteiger partial charge in [0.25, 0.3) is 5.91 Å². The Balaban J connectivity index is 1.44. The van der Waals surface area contributed by atoms with E-state index in [-0.39, 0.29) is 17.6 Å². The molecule has 3 aromatic rings. The van der Waals surface area contributed by atoms with E-state index in [9.17, 15) is 4.79 Å². The fourth-order valence-electron chi connectivity index (χ4n) is 3.33. The summed E-state index contributed by atoms with van der Waals surface area (Å²) in [5.41, 5.74) is 2.10. The lowest BCUT2D eigenvalue weighted by Crippen LogP contribution is -2.43. The highest BCUT2D eigenvalue weighted by atomic mass is 35.5. The first-order valence-electron chi connectivity index (χ1n) is 9.43. The number of carbonyl (C=O) groups is 1. The van der Waals surface area contributed by atoms with Crippen molar-refractivity contribution in [3.05, 3.63) is 71.1 Å². The number of hydrogen-bond acceptors (Lipinski definition) is 6. The van der Waals surface area contributed by atoms with E-state index in [4.69, 9.17) is 20.9 Å². The maximum atomic E-state index is 12.6. The molecule has 1 aliphatic rings. The quantitative estimate of drug-likeness (QED) is 0.669. The molecule has 1 N–H and O–H groups in total.